The highest BCUT2D eigenvalue weighted by atomic mass is 15.1. The summed E-state index contributed by atoms with van der Waals surface area (Å²) >= 11 is 0. The Morgan fingerprint density at radius 1 is 1.11 bits per heavy atom. The van der Waals surface area contributed by atoms with Crippen molar-refractivity contribution >= 4 is 0 Å². The zero-order chi connectivity index (χ0) is 12.8. The molecule has 2 nitrogen and oxygen atoms in total. The quantitative estimate of drug-likeness (QED) is 0.808. The Kier molecular flexibility index (Phi) is 5.50. The van der Waals surface area contributed by atoms with Gasteiger partial charge in [-0.3, -0.25) is 0 Å². The summed E-state index contributed by atoms with van der Waals surface area (Å²) in [6.45, 7) is 11.1. The molecule has 2 rings (SSSR count). The van der Waals surface area contributed by atoms with Crippen LogP contribution in [0.4, 0.5) is 0 Å². The summed E-state index contributed by atoms with van der Waals surface area (Å²) in [6, 6.07) is 0. The van der Waals surface area contributed by atoms with E-state index in [0.29, 0.717) is 5.41 Å². The van der Waals surface area contributed by atoms with Gasteiger partial charge in [-0.05, 0) is 56.7 Å². The van der Waals surface area contributed by atoms with Gasteiger partial charge in [-0.1, -0.05) is 33.1 Å². The predicted molar refractivity (Wildman–Crippen MR) is 78.9 cm³/mol. The number of nitrogens with zero attached hydrogens (tertiary/aromatic N) is 1. The fraction of sp³-hybridized carbons (Fsp3) is 1.00. The minimum Gasteiger partial charge on any atom is -0.316 e. The molecule has 0 amide bonds. The molecule has 2 aliphatic rings. The van der Waals surface area contributed by atoms with Crippen LogP contribution < -0.4 is 5.32 Å². The summed E-state index contributed by atoms with van der Waals surface area (Å²) in [5.41, 5.74) is 0.583. The van der Waals surface area contributed by atoms with Gasteiger partial charge < -0.3 is 10.2 Å². The molecule has 0 aromatic heterocycles. The zero-order valence-corrected chi connectivity index (χ0v) is 12.5. The van der Waals surface area contributed by atoms with Gasteiger partial charge in [-0.25, -0.2) is 0 Å². The van der Waals surface area contributed by atoms with Gasteiger partial charge in [0.05, 0.1) is 0 Å². The maximum absolute atomic E-state index is 3.64. The fourth-order valence-corrected chi connectivity index (χ4v) is 3.75. The molecule has 1 saturated carbocycles. The Labute approximate surface area is 114 Å². The number of hydrogen-bond donors (Lipinski definition) is 1. The van der Waals surface area contributed by atoms with Crippen LogP contribution in [0.5, 0.6) is 0 Å². The van der Waals surface area contributed by atoms with Crippen LogP contribution in [0.2, 0.25) is 0 Å². The molecule has 2 fully saturated rings. The standard InChI is InChI=1S/C16H32N2/c1-3-17-13-16(9-7-15(2)8-10-16)14-18-11-5-4-6-12-18/h15,17H,3-14H2,1-2H3. The van der Waals surface area contributed by atoms with Gasteiger partial charge in [-0.15, -0.1) is 0 Å². The summed E-state index contributed by atoms with van der Waals surface area (Å²) in [5.74, 6) is 0.959. The first-order valence-corrected chi connectivity index (χ1v) is 8.17. The van der Waals surface area contributed by atoms with E-state index in [2.05, 4.69) is 24.1 Å². The predicted octanol–water partition coefficient (Wildman–Crippen LogP) is 3.28. The van der Waals surface area contributed by atoms with Gasteiger partial charge in [0, 0.05) is 13.1 Å². The van der Waals surface area contributed by atoms with Crippen molar-refractivity contribution in [1.29, 1.82) is 0 Å². The lowest BCUT2D eigenvalue weighted by Crippen LogP contribution is -2.47. The summed E-state index contributed by atoms with van der Waals surface area (Å²) in [5, 5.41) is 3.64. The van der Waals surface area contributed by atoms with E-state index < -0.39 is 0 Å². The van der Waals surface area contributed by atoms with E-state index in [1.165, 1.54) is 71.1 Å². The number of nitrogens with one attached hydrogen (secondary N) is 1. The van der Waals surface area contributed by atoms with Gasteiger partial charge in [0.25, 0.3) is 0 Å². The molecule has 1 heterocycles. The third-order valence-electron chi connectivity index (χ3n) is 5.09. The molecular weight excluding hydrogens is 220 g/mol. The molecule has 0 aromatic carbocycles. The molecule has 1 aliphatic carbocycles. The topological polar surface area (TPSA) is 15.3 Å². The zero-order valence-electron chi connectivity index (χ0n) is 12.5. The van der Waals surface area contributed by atoms with Crippen molar-refractivity contribution in [2.45, 2.75) is 58.8 Å². The molecule has 0 aromatic rings. The second-order valence-electron chi connectivity index (χ2n) is 6.80. The van der Waals surface area contributed by atoms with Crippen molar-refractivity contribution < 1.29 is 0 Å². The van der Waals surface area contributed by atoms with Crippen LogP contribution in [-0.2, 0) is 0 Å². The van der Waals surface area contributed by atoms with Gasteiger partial charge in [0.15, 0.2) is 0 Å². The van der Waals surface area contributed by atoms with E-state index in [-0.39, 0.29) is 0 Å². The number of rotatable bonds is 5. The lowest BCUT2D eigenvalue weighted by atomic mass is 9.70. The van der Waals surface area contributed by atoms with Crippen molar-refractivity contribution in [2.75, 3.05) is 32.7 Å². The minimum atomic E-state index is 0.583. The van der Waals surface area contributed by atoms with E-state index in [1.807, 2.05) is 0 Å². The molecule has 0 spiro atoms. The molecule has 1 N–H and O–H groups in total. The molecule has 18 heavy (non-hydrogen) atoms. The summed E-state index contributed by atoms with van der Waals surface area (Å²) < 4.78 is 0. The van der Waals surface area contributed by atoms with Crippen LogP contribution in [0.15, 0.2) is 0 Å². The maximum Gasteiger partial charge on any atom is 0.00501 e. The van der Waals surface area contributed by atoms with Gasteiger partial charge >= 0.3 is 0 Å². The molecule has 1 saturated heterocycles. The van der Waals surface area contributed by atoms with Crippen molar-refractivity contribution in [3.8, 4) is 0 Å². The second-order valence-corrected chi connectivity index (χ2v) is 6.80. The summed E-state index contributed by atoms with van der Waals surface area (Å²) in [7, 11) is 0. The van der Waals surface area contributed by atoms with E-state index in [9.17, 15) is 0 Å². The highest BCUT2D eigenvalue weighted by Crippen LogP contribution is 2.39. The number of likely N-dealkylation sites (tertiary alicyclic amines) is 1. The Morgan fingerprint density at radius 3 is 2.39 bits per heavy atom. The van der Waals surface area contributed by atoms with Crippen molar-refractivity contribution in [3.05, 3.63) is 0 Å². The third kappa shape index (κ3) is 3.96. The molecular formula is C16H32N2. The van der Waals surface area contributed by atoms with Gasteiger partial charge in [0.1, 0.15) is 0 Å². The second kappa shape index (κ2) is 6.91. The minimum absolute atomic E-state index is 0.583. The van der Waals surface area contributed by atoms with E-state index in [1.54, 1.807) is 0 Å². The van der Waals surface area contributed by atoms with E-state index in [0.717, 1.165) is 12.5 Å². The number of piperidine rings is 1. The average Bonchev–Trinajstić information content (AvgIpc) is 2.41. The van der Waals surface area contributed by atoms with Crippen LogP contribution in [-0.4, -0.2) is 37.6 Å². The molecule has 1 aliphatic heterocycles. The van der Waals surface area contributed by atoms with Gasteiger partial charge in [-0.2, -0.15) is 0 Å². The molecule has 2 heteroatoms. The molecule has 0 atom stereocenters. The molecule has 0 bridgehead atoms. The molecule has 106 valence electrons. The Bertz CT molecular complexity index is 220. The van der Waals surface area contributed by atoms with E-state index in [4.69, 9.17) is 0 Å². The van der Waals surface area contributed by atoms with Crippen molar-refractivity contribution in [1.82, 2.24) is 10.2 Å². The van der Waals surface area contributed by atoms with Crippen LogP contribution in [0.3, 0.4) is 0 Å². The largest absolute Gasteiger partial charge is 0.316 e. The molecule has 0 unspecified atom stereocenters. The first-order chi connectivity index (χ1) is 8.74. The number of hydrogen-bond acceptors (Lipinski definition) is 2. The summed E-state index contributed by atoms with van der Waals surface area (Å²) in [4.78, 5) is 2.75. The normalized spacial score (nSPS) is 34.7. The van der Waals surface area contributed by atoms with Crippen LogP contribution in [0.25, 0.3) is 0 Å². The maximum atomic E-state index is 3.64. The molecule has 0 radical (unpaired) electrons. The van der Waals surface area contributed by atoms with E-state index >= 15 is 0 Å². The Morgan fingerprint density at radius 2 is 1.78 bits per heavy atom. The Balaban J connectivity index is 1.90. The lowest BCUT2D eigenvalue weighted by molar-refractivity contribution is 0.0767. The monoisotopic (exact) mass is 252 g/mol. The van der Waals surface area contributed by atoms with Crippen molar-refractivity contribution in [2.24, 2.45) is 11.3 Å². The van der Waals surface area contributed by atoms with Crippen LogP contribution in [0.1, 0.15) is 58.8 Å². The van der Waals surface area contributed by atoms with Crippen LogP contribution >= 0.6 is 0 Å². The third-order valence-corrected chi connectivity index (χ3v) is 5.09. The SMILES string of the molecule is CCNCC1(CN2CCCCC2)CCC(C)CC1. The van der Waals surface area contributed by atoms with Crippen LogP contribution in [0, 0.1) is 11.3 Å². The highest BCUT2D eigenvalue weighted by molar-refractivity contribution is 4.89. The first kappa shape index (κ1) is 14.3. The van der Waals surface area contributed by atoms with Gasteiger partial charge in [0.2, 0.25) is 0 Å². The summed E-state index contributed by atoms with van der Waals surface area (Å²) in [6.07, 6.45) is 10.1. The average molecular weight is 252 g/mol. The first-order valence-electron chi connectivity index (χ1n) is 8.17. The lowest BCUT2D eigenvalue weighted by Gasteiger charge is -2.44. The van der Waals surface area contributed by atoms with Crippen molar-refractivity contribution in [3.63, 3.8) is 0 Å². The smallest absolute Gasteiger partial charge is 0.00501 e. The fourth-order valence-electron chi connectivity index (χ4n) is 3.75. The highest BCUT2D eigenvalue weighted by Gasteiger charge is 2.35. The Hall–Kier alpha value is -0.0800.